The number of rotatable bonds is 3. The maximum Gasteiger partial charge on any atom is 0.138 e. The van der Waals surface area contributed by atoms with Crippen LogP contribution in [0.4, 0.5) is 4.39 Å². The number of nitrogens with zero attached hydrogens (tertiary/aromatic N) is 1. The molecule has 17 heavy (non-hydrogen) atoms. The molecule has 1 aromatic rings. The van der Waals surface area contributed by atoms with E-state index >= 15 is 0 Å². The van der Waals surface area contributed by atoms with Crippen LogP contribution in [0, 0.1) is 11.7 Å². The summed E-state index contributed by atoms with van der Waals surface area (Å²) < 4.78 is 13.0. The minimum Gasteiger partial charge on any atom is -0.302 e. The Hall–Kier alpha value is -1.22. The monoisotopic (exact) mass is 235 g/mol. The molecule has 1 aliphatic heterocycles. The number of piperidine rings is 1. The molecule has 0 aliphatic carbocycles. The van der Waals surface area contributed by atoms with Crippen LogP contribution in [-0.4, -0.2) is 30.3 Å². The zero-order valence-corrected chi connectivity index (χ0v) is 10.2. The predicted molar refractivity (Wildman–Crippen MR) is 65.3 cm³/mol. The molecule has 1 aliphatic rings. The highest BCUT2D eigenvalue weighted by atomic mass is 19.1. The summed E-state index contributed by atoms with van der Waals surface area (Å²) in [5.41, 5.74) is 1.02. The molecule has 0 amide bonds. The summed E-state index contributed by atoms with van der Waals surface area (Å²) in [6, 6.07) is 6.73. The summed E-state index contributed by atoms with van der Waals surface area (Å²) in [6.45, 7) is 4.57. The highest BCUT2D eigenvalue weighted by Crippen LogP contribution is 2.13. The molecule has 1 aromatic carbocycles. The molecule has 1 fully saturated rings. The summed E-state index contributed by atoms with van der Waals surface area (Å²) in [5.74, 6) is 0.341. The van der Waals surface area contributed by atoms with Crippen molar-refractivity contribution < 1.29 is 9.18 Å². The summed E-state index contributed by atoms with van der Waals surface area (Å²) in [7, 11) is 0. The van der Waals surface area contributed by atoms with Gasteiger partial charge in [-0.05, 0) is 24.1 Å². The molecule has 0 aromatic heterocycles. The highest BCUT2D eigenvalue weighted by molar-refractivity contribution is 5.81. The smallest absolute Gasteiger partial charge is 0.138 e. The summed E-state index contributed by atoms with van der Waals surface area (Å²) in [4.78, 5) is 13.7. The normalized spacial score (nSPS) is 21.8. The van der Waals surface area contributed by atoms with Crippen molar-refractivity contribution >= 4 is 5.78 Å². The van der Waals surface area contributed by atoms with Crippen molar-refractivity contribution in [2.24, 2.45) is 5.92 Å². The van der Waals surface area contributed by atoms with Gasteiger partial charge in [-0.2, -0.15) is 0 Å². The van der Waals surface area contributed by atoms with E-state index < -0.39 is 0 Å². The van der Waals surface area contributed by atoms with Crippen molar-refractivity contribution in [3.63, 3.8) is 0 Å². The maximum absolute atomic E-state index is 13.0. The third-order valence-corrected chi connectivity index (χ3v) is 3.36. The summed E-state index contributed by atoms with van der Waals surface area (Å²) in [5, 5.41) is 0. The van der Waals surface area contributed by atoms with Gasteiger partial charge in [-0.15, -0.1) is 0 Å². The number of ketones is 1. The molecule has 0 N–H and O–H groups in total. The van der Waals surface area contributed by atoms with Crippen LogP contribution in [0.25, 0.3) is 0 Å². The molecular formula is C14H18FNO. The van der Waals surface area contributed by atoms with Crippen molar-refractivity contribution in [1.29, 1.82) is 0 Å². The largest absolute Gasteiger partial charge is 0.302 e. The molecule has 1 heterocycles. The van der Waals surface area contributed by atoms with E-state index in [1.54, 1.807) is 12.1 Å². The van der Waals surface area contributed by atoms with Crippen LogP contribution in [0.15, 0.2) is 24.3 Å². The second-order valence-electron chi connectivity index (χ2n) is 4.80. The van der Waals surface area contributed by atoms with Gasteiger partial charge in [-0.25, -0.2) is 4.39 Å². The molecule has 1 unspecified atom stereocenters. The van der Waals surface area contributed by atoms with Crippen LogP contribution in [0.2, 0.25) is 0 Å². The van der Waals surface area contributed by atoms with E-state index in [-0.39, 0.29) is 11.7 Å². The zero-order chi connectivity index (χ0) is 12.3. The quantitative estimate of drug-likeness (QED) is 0.801. The van der Waals surface area contributed by atoms with Crippen LogP contribution in [0.1, 0.15) is 18.9 Å². The minimum absolute atomic E-state index is 0.149. The number of benzene rings is 1. The number of hydrogen-bond acceptors (Lipinski definition) is 2. The Morgan fingerprint density at radius 2 is 2.29 bits per heavy atom. The Bertz CT molecular complexity index is 405. The van der Waals surface area contributed by atoms with E-state index in [1.807, 2.05) is 13.0 Å². The second kappa shape index (κ2) is 5.41. The van der Waals surface area contributed by atoms with Gasteiger partial charge in [0.15, 0.2) is 0 Å². The molecule has 0 bridgehead atoms. The molecule has 1 atom stereocenters. The second-order valence-corrected chi connectivity index (χ2v) is 4.80. The van der Waals surface area contributed by atoms with Crippen LogP contribution in [0.3, 0.4) is 0 Å². The zero-order valence-electron chi connectivity index (χ0n) is 10.2. The molecule has 0 saturated carbocycles. The average molecular weight is 235 g/mol. The van der Waals surface area contributed by atoms with E-state index in [2.05, 4.69) is 4.90 Å². The number of Topliss-reactive ketones (excluding diaryl/α,β-unsaturated/α-hetero) is 1. The lowest BCUT2D eigenvalue weighted by Gasteiger charge is -2.29. The first kappa shape index (κ1) is 12.2. The lowest BCUT2D eigenvalue weighted by molar-refractivity contribution is -0.125. The first-order chi connectivity index (χ1) is 8.15. The Kier molecular flexibility index (Phi) is 3.89. The van der Waals surface area contributed by atoms with Gasteiger partial charge in [-0.1, -0.05) is 19.1 Å². The fraction of sp³-hybridized carbons (Fsp3) is 0.500. The van der Waals surface area contributed by atoms with Gasteiger partial charge in [0.25, 0.3) is 0 Å². The topological polar surface area (TPSA) is 20.3 Å². The molecule has 2 rings (SSSR count). The van der Waals surface area contributed by atoms with Gasteiger partial charge in [0.05, 0.1) is 0 Å². The van der Waals surface area contributed by atoms with Gasteiger partial charge in [-0.3, -0.25) is 4.79 Å². The number of carbonyl (C=O) groups excluding carboxylic acids is 1. The standard InChI is InChI=1S/C14H18FNO/c1-11-10-16(8-6-14(11)17)7-5-12-3-2-4-13(15)9-12/h2-4,9,11H,5-8,10H2,1H3. The highest BCUT2D eigenvalue weighted by Gasteiger charge is 2.22. The van der Waals surface area contributed by atoms with Crippen LogP contribution < -0.4 is 0 Å². The fourth-order valence-corrected chi connectivity index (χ4v) is 2.28. The molecule has 2 nitrogen and oxygen atoms in total. The Balaban J connectivity index is 1.84. The van der Waals surface area contributed by atoms with Gasteiger partial charge >= 0.3 is 0 Å². The van der Waals surface area contributed by atoms with Gasteiger partial charge in [0.2, 0.25) is 0 Å². The fourth-order valence-electron chi connectivity index (χ4n) is 2.28. The van der Waals surface area contributed by atoms with Gasteiger partial charge < -0.3 is 4.90 Å². The SMILES string of the molecule is CC1CN(CCc2cccc(F)c2)CCC1=O. The van der Waals surface area contributed by atoms with Crippen LogP contribution in [-0.2, 0) is 11.2 Å². The van der Waals surface area contributed by atoms with Crippen molar-refractivity contribution in [2.45, 2.75) is 19.8 Å². The van der Waals surface area contributed by atoms with Crippen molar-refractivity contribution in [1.82, 2.24) is 4.90 Å². The Morgan fingerprint density at radius 3 is 3.00 bits per heavy atom. The Labute approximate surface area is 101 Å². The lowest BCUT2D eigenvalue weighted by atomic mass is 9.98. The van der Waals surface area contributed by atoms with Gasteiger partial charge in [0.1, 0.15) is 11.6 Å². The van der Waals surface area contributed by atoms with Crippen molar-refractivity contribution in [3.05, 3.63) is 35.6 Å². The van der Waals surface area contributed by atoms with Crippen LogP contribution in [0.5, 0.6) is 0 Å². The molecular weight excluding hydrogens is 217 g/mol. The minimum atomic E-state index is -0.176. The van der Waals surface area contributed by atoms with E-state index in [1.165, 1.54) is 6.07 Å². The molecule has 1 saturated heterocycles. The molecule has 0 spiro atoms. The molecule has 92 valence electrons. The summed E-state index contributed by atoms with van der Waals surface area (Å²) >= 11 is 0. The van der Waals surface area contributed by atoms with E-state index in [0.717, 1.165) is 31.6 Å². The number of hydrogen-bond donors (Lipinski definition) is 0. The molecule has 0 radical (unpaired) electrons. The van der Waals surface area contributed by atoms with Crippen molar-refractivity contribution in [2.75, 3.05) is 19.6 Å². The maximum atomic E-state index is 13.0. The Morgan fingerprint density at radius 1 is 1.47 bits per heavy atom. The number of halogens is 1. The first-order valence-electron chi connectivity index (χ1n) is 6.14. The van der Waals surface area contributed by atoms with E-state index in [0.29, 0.717) is 12.2 Å². The average Bonchev–Trinajstić information content (AvgIpc) is 2.31. The lowest BCUT2D eigenvalue weighted by Crippen LogP contribution is -2.40. The molecule has 3 heteroatoms. The third kappa shape index (κ3) is 3.37. The van der Waals surface area contributed by atoms with Crippen molar-refractivity contribution in [3.8, 4) is 0 Å². The van der Waals surface area contributed by atoms with Gasteiger partial charge in [0, 0.05) is 32.0 Å². The van der Waals surface area contributed by atoms with E-state index in [9.17, 15) is 9.18 Å². The third-order valence-electron chi connectivity index (χ3n) is 3.36. The first-order valence-corrected chi connectivity index (χ1v) is 6.14. The summed E-state index contributed by atoms with van der Waals surface area (Å²) in [6.07, 6.45) is 1.50. The van der Waals surface area contributed by atoms with Crippen LogP contribution >= 0.6 is 0 Å². The van der Waals surface area contributed by atoms with E-state index in [4.69, 9.17) is 0 Å². The number of carbonyl (C=O) groups is 1. The predicted octanol–water partition coefficient (Wildman–Crippen LogP) is 2.28. The number of likely N-dealkylation sites (tertiary alicyclic amines) is 1.